The van der Waals surface area contributed by atoms with Gasteiger partial charge >= 0.3 is 5.97 Å². The number of aromatic carboxylic acids is 1. The minimum absolute atomic E-state index is 0.318. The zero-order valence-electron chi connectivity index (χ0n) is 15.1. The molecule has 0 spiro atoms. The van der Waals surface area contributed by atoms with E-state index >= 15 is 0 Å². The zero-order valence-corrected chi connectivity index (χ0v) is 15.1. The Kier molecular flexibility index (Phi) is 3.77. The van der Waals surface area contributed by atoms with Crippen LogP contribution >= 0.6 is 0 Å². The van der Waals surface area contributed by atoms with Gasteiger partial charge in [0.2, 0.25) is 0 Å². The quantitative estimate of drug-likeness (QED) is 0.466. The Morgan fingerprint density at radius 2 is 1.42 bits per heavy atom. The monoisotopic (exact) mass is 340 g/mol. The predicted molar refractivity (Wildman–Crippen MR) is 108 cm³/mol. The van der Waals surface area contributed by atoms with Crippen molar-refractivity contribution in [1.82, 2.24) is 0 Å². The highest BCUT2D eigenvalue weighted by Gasteiger charge is 2.09. The van der Waals surface area contributed by atoms with E-state index in [0.717, 1.165) is 16.3 Å². The van der Waals surface area contributed by atoms with Crippen molar-refractivity contribution in [3.63, 3.8) is 0 Å². The van der Waals surface area contributed by atoms with Gasteiger partial charge in [-0.25, -0.2) is 4.79 Å². The molecule has 0 saturated carbocycles. The largest absolute Gasteiger partial charge is 0.478 e. The standard InChI is InChI=1S/C24H20O2/c1-14-4-5-19-10-15(2)22(13-23(19)16(14)3)20-8-6-18-12-21(24(25)26)9-7-17(18)11-20/h4-13H,1-3H3,(H,25,26). The number of rotatable bonds is 2. The molecule has 128 valence electrons. The van der Waals surface area contributed by atoms with Crippen molar-refractivity contribution < 1.29 is 9.90 Å². The Morgan fingerprint density at radius 1 is 0.731 bits per heavy atom. The fourth-order valence-corrected chi connectivity index (χ4v) is 3.60. The van der Waals surface area contributed by atoms with Crippen LogP contribution in [0, 0.1) is 20.8 Å². The number of benzene rings is 4. The second-order valence-corrected chi connectivity index (χ2v) is 6.98. The number of hydrogen-bond donors (Lipinski definition) is 1. The van der Waals surface area contributed by atoms with E-state index in [1.165, 1.54) is 33.0 Å². The van der Waals surface area contributed by atoms with Crippen LogP contribution < -0.4 is 0 Å². The van der Waals surface area contributed by atoms with Gasteiger partial charge in [0.25, 0.3) is 0 Å². The van der Waals surface area contributed by atoms with Crippen molar-refractivity contribution in [2.45, 2.75) is 20.8 Å². The fraction of sp³-hybridized carbons (Fsp3) is 0.125. The molecule has 4 aromatic carbocycles. The lowest BCUT2D eigenvalue weighted by atomic mass is 9.92. The number of aryl methyl sites for hydroxylation is 3. The third kappa shape index (κ3) is 2.64. The molecule has 0 amide bonds. The third-order valence-corrected chi connectivity index (χ3v) is 5.30. The average molecular weight is 340 g/mol. The first kappa shape index (κ1) is 16.3. The maximum Gasteiger partial charge on any atom is 0.335 e. The van der Waals surface area contributed by atoms with E-state index in [9.17, 15) is 4.79 Å². The fourth-order valence-electron chi connectivity index (χ4n) is 3.60. The SMILES string of the molecule is Cc1cc2ccc(C)c(C)c2cc1-c1ccc2cc(C(=O)O)ccc2c1. The van der Waals surface area contributed by atoms with Crippen molar-refractivity contribution in [1.29, 1.82) is 0 Å². The second kappa shape index (κ2) is 5.99. The van der Waals surface area contributed by atoms with Crippen molar-refractivity contribution >= 4 is 27.5 Å². The highest BCUT2D eigenvalue weighted by molar-refractivity contribution is 5.97. The number of fused-ring (bicyclic) bond motifs is 2. The van der Waals surface area contributed by atoms with Gasteiger partial charge < -0.3 is 5.11 Å². The van der Waals surface area contributed by atoms with Crippen LogP contribution in [0.2, 0.25) is 0 Å². The first-order chi connectivity index (χ1) is 12.4. The summed E-state index contributed by atoms with van der Waals surface area (Å²) in [5.74, 6) is -0.896. The van der Waals surface area contributed by atoms with E-state index < -0.39 is 5.97 Å². The van der Waals surface area contributed by atoms with E-state index in [-0.39, 0.29) is 0 Å². The van der Waals surface area contributed by atoms with Crippen LogP contribution in [0.5, 0.6) is 0 Å². The molecule has 0 bridgehead atoms. The lowest BCUT2D eigenvalue weighted by molar-refractivity contribution is 0.0697. The van der Waals surface area contributed by atoms with Crippen molar-refractivity contribution in [2.24, 2.45) is 0 Å². The smallest absolute Gasteiger partial charge is 0.335 e. The van der Waals surface area contributed by atoms with Crippen LogP contribution in [-0.4, -0.2) is 11.1 Å². The first-order valence-electron chi connectivity index (χ1n) is 8.72. The van der Waals surface area contributed by atoms with Gasteiger partial charge in [0.1, 0.15) is 0 Å². The summed E-state index contributed by atoms with van der Waals surface area (Å²) < 4.78 is 0. The molecule has 2 heteroatoms. The summed E-state index contributed by atoms with van der Waals surface area (Å²) in [6.45, 7) is 6.46. The highest BCUT2D eigenvalue weighted by atomic mass is 16.4. The van der Waals surface area contributed by atoms with Crippen LogP contribution in [0.1, 0.15) is 27.0 Å². The first-order valence-corrected chi connectivity index (χ1v) is 8.72. The molecule has 0 unspecified atom stereocenters. The molecule has 0 saturated heterocycles. The van der Waals surface area contributed by atoms with E-state index in [1.807, 2.05) is 12.1 Å². The van der Waals surface area contributed by atoms with Crippen molar-refractivity contribution in [3.05, 3.63) is 82.9 Å². The second-order valence-electron chi connectivity index (χ2n) is 6.98. The molecule has 0 aliphatic heterocycles. The minimum Gasteiger partial charge on any atom is -0.478 e. The lowest BCUT2D eigenvalue weighted by Crippen LogP contribution is -1.95. The molecule has 1 N–H and O–H groups in total. The molecule has 26 heavy (non-hydrogen) atoms. The van der Waals surface area contributed by atoms with Crippen LogP contribution in [0.15, 0.2) is 60.7 Å². The number of carboxylic acids is 1. The predicted octanol–water partition coefficient (Wildman–Crippen LogP) is 6.28. The van der Waals surface area contributed by atoms with Gasteiger partial charge in [-0.2, -0.15) is 0 Å². The maximum absolute atomic E-state index is 11.2. The number of carboxylic acid groups (broad SMARTS) is 1. The summed E-state index contributed by atoms with van der Waals surface area (Å²) in [5, 5.41) is 13.7. The molecule has 0 atom stereocenters. The highest BCUT2D eigenvalue weighted by Crippen LogP contribution is 2.32. The maximum atomic E-state index is 11.2. The molecule has 0 aliphatic carbocycles. The topological polar surface area (TPSA) is 37.3 Å². The van der Waals surface area contributed by atoms with Gasteiger partial charge in [0.05, 0.1) is 5.56 Å². The summed E-state index contributed by atoms with van der Waals surface area (Å²) in [7, 11) is 0. The van der Waals surface area contributed by atoms with Gasteiger partial charge in [-0.05, 0) is 94.4 Å². The molecule has 4 aromatic rings. The van der Waals surface area contributed by atoms with Gasteiger partial charge in [0, 0.05) is 0 Å². The average Bonchev–Trinajstić information content (AvgIpc) is 2.63. The minimum atomic E-state index is -0.896. The molecule has 2 nitrogen and oxygen atoms in total. The van der Waals surface area contributed by atoms with Crippen LogP contribution in [0.25, 0.3) is 32.7 Å². The summed E-state index contributed by atoms with van der Waals surface area (Å²) in [4.78, 5) is 11.2. The Hall–Kier alpha value is -3.13. The van der Waals surface area contributed by atoms with Gasteiger partial charge in [-0.15, -0.1) is 0 Å². The number of carbonyl (C=O) groups is 1. The van der Waals surface area contributed by atoms with Crippen LogP contribution in [-0.2, 0) is 0 Å². The van der Waals surface area contributed by atoms with Gasteiger partial charge in [-0.1, -0.05) is 36.4 Å². The molecular formula is C24H20O2. The molecule has 0 heterocycles. The van der Waals surface area contributed by atoms with Crippen molar-refractivity contribution in [2.75, 3.05) is 0 Å². The molecule has 4 rings (SSSR count). The van der Waals surface area contributed by atoms with Crippen molar-refractivity contribution in [3.8, 4) is 11.1 Å². The normalized spacial score (nSPS) is 11.2. The number of hydrogen-bond acceptors (Lipinski definition) is 1. The Bertz CT molecular complexity index is 1190. The molecular weight excluding hydrogens is 320 g/mol. The van der Waals surface area contributed by atoms with Gasteiger partial charge in [-0.3, -0.25) is 0 Å². The van der Waals surface area contributed by atoms with E-state index in [2.05, 4.69) is 57.2 Å². The van der Waals surface area contributed by atoms with Crippen LogP contribution in [0.3, 0.4) is 0 Å². The molecule has 0 fully saturated rings. The van der Waals surface area contributed by atoms with E-state index in [1.54, 1.807) is 12.1 Å². The Morgan fingerprint density at radius 3 is 2.19 bits per heavy atom. The lowest BCUT2D eigenvalue weighted by Gasteiger charge is -2.13. The molecule has 0 aromatic heterocycles. The third-order valence-electron chi connectivity index (χ3n) is 5.30. The zero-order chi connectivity index (χ0) is 18.4. The summed E-state index contributed by atoms with van der Waals surface area (Å²) in [5.41, 5.74) is 6.54. The summed E-state index contributed by atoms with van der Waals surface area (Å²) in [6.07, 6.45) is 0. The van der Waals surface area contributed by atoms with E-state index in [4.69, 9.17) is 5.11 Å². The van der Waals surface area contributed by atoms with E-state index in [0.29, 0.717) is 5.56 Å². The molecule has 0 aliphatic rings. The van der Waals surface area contributed by atoms with Gasteiger partial charge in [0.15, 0.2) is 0 Å². The van der Waals surface area contributed by atoms with Crippen LogP contribution in [0.4, 0.5) is 0 Å². The summed E-state index contributed by atoms with van der Waals surface area (Å²) >= 11 is 0. The molecule has 0 radical (unpaired) electrons. The summed E-state index contributed by atoms with van der Waals surface area (Å²) in [6, 6.07) is 20.4. The Labute approximate surface area is 152 Å². The Balaban J connectivity index is 1.91.